The molecule has 1 saturated carbocycles. The van der Waals surface area contributed by atoms with Gasteiger partial charge in [0.1, 0.15) is 5.82 Å². The van der Waals surface area contributed by atoms with E-state index < -0.39 is 21.5 Å². The molecule has 1 aliphatic carbocycles. The molecule has 170 valence electrons. The van der Waals surface area contributed by atoms with Crippen LogP contribution in [0.1, 0.15) is 31.2 Å². The minimum atomic E-state index is -2.78. The van der Waals surface area contributed by atoms with E-state index in [1.54, 1.807) is 42.6 Å². The van der Waals surface area contributed by atoms with Gasteiger partial charge in [-0.3, -0.25) is 4.79 Å². The lowest BCUT2D eigenvalue weighted by molar-refractivity contribution is -0.122. The molecule has 6 nitrogen and oxygen atoms in total. The van der Waals surface area contributed by atoms with Crippen LogP contribution in [0.3, 0.4) is 0 Å². The largest absolute Gasteiger partial charge is 0.304 e. The zero-order chi connectivity index (χ0) is 23.6. The first-order valence-corrected chi connectivity index (χ1v) is 12.9. The molecule has 2 fully saturated rings. The normalized spacial score (nSPS) is 23.8. The lowest BCUT2D eigenvalue weighted by atomic mass is 9.88. The minimum Gasteiger partial charge on any atom is -0.304 e. The van der Waals surface area contributed by atoms with Crippen molar-refractivity contribution in [3.8, 4) is 23.4 Å². The van der Waals surface area contributed by atoms with Crippen molar-refractivity contribution in [3.63, 3.8) is 0 Å². The molecule has 8 heteroatoms. The Balaban J connectivity index is 1.44. The fourth-order valence-corrected chi connectivity index (χ4v) is 5.84. The van der Waals surface area contributed by atoms with Crippen molar-refractivity contribution in [2.45, 2.75) is 49.1 Å². The third kappa shape index (κ3) is 4.98. The summed E-state index contributed by atoms with van der Waals surface area (Å²) < 4.78 is 30.7. The van der Waals surface area contributed by atoms with Crippen molar-refractivity contribution >= 4 is 15.5 Å². The Kier molecular flexibility index (Phi) is 6.60. The summed E-state index contributed by atoms with van der Waals surface area (Å²) in [5.74, 6) is -0.568. The number of nitriles is 2. The van der Waals surface area contributed by atoms with E-state index >= 15 is 0 Å². The Morgan fingerprint density at radius 1 is 1.21 bits per heavy atom. The molecule has 1 aliphatic heterocycles. The number of benzene rings is 2. The van der Waals surface area contributed by atoms with E-state index in [1.165, 1.54) is 12.3 Å². The smallest absolute Gasteiger partial charge is 0.214 e. The SMILES string of the molecule is CS(=O)(=NC#N)c1ccc(-c2ccc(C[C@@H](C#N)CC(=O)[C@H]3N[C@@H]4CC[C@H]3C4)c(F)c2)cc1. The molecule has 4 rings (SSSR count). The van der Waals surface area contributed by atoms with E-state index in [0.717, 1.165) is 24.8 Å². The van der Waals surface area contributed by atoms with Gasteiger partial charge in [-0.25, -0.2) is 8.60 Å². The minimum absolute atomic E-state index is 0.0569. The molecule has 1 unspecified atom stereocenters. The standard InChI is InChI=1S/C25H25FN4O2S/c1-33(32,29-15-28)22-8-5-17(6-9-22)18-2-3-19(23(26)13-18)10-16(14-27)11-24(31)25-20-4-7-21(12-20)30-25/h2-3,5-6,8-9,13,16,20-21,25,30H,4,7,10-12H2,1H3/t16-,20+,21-,25+,33?/m1/s1. The van der Waals surface area contributed by atoms with Gasteiger partial charge in [0.05, 0.1) is 27.8 Å². The number of carbonyl (C=O) groups excluding carboxylic acids is 1. The quantitative estimate of drug-likeness (QED) is 0.618. The van der Waals surface area contributed by atoms with Crippen LogP contribution in [-0.4, -0.2) is 28.3 Å². The number of halogens is 1. The predicted molar refractivity (Wildman–Crippen MR) is 123 cm³/mol. The average Bonchev–Trinajstić information content (AvgIpc) is 3.44. The van der Waals surface area contributed by atoms with Gasteiger partial charge in [0.25, 0.3) is 0 Å². The second kappa shape index (κ2) is 9.43. The van der Waals surface area contributed by atoms with Crippen LogP contribution >= 0.6 is 0 Å². The fraction of sp³-hybridized carbons (Fsp3) is 0.400. The van der Waals surface area contributed by atoms with E-state index in [0.29, 0.717) is 28.0 Å². The Morgan fingerprint density at radius 3 is 2.52 bits per heavy atom. The predicted octanol–water partition coefficient (Wildman–Crippen LogP) is 4.21. The van der Waals surface area contributed by atoms with Crippen LogP contribution in [0.4, 0.5) is 4.39 Å². The van der Waals surface area contributed by atoms with Gasteiger partial charge in [0.15, 0.2) is 5.78 Å². The summed E-state index contributed by atoms with van der Waals surface area (Å²) in [5, 5.41) is 21.6. The Hall–Kier alpha value is -3.07. The zero-order valence-corrected chi connectivity index (χ0v) is 19.1. The Morgan fingerprint density at radius 2 is 1.94 bits per heavy atom. The number of fused-ring (bicyclic) bond motifs is 2. The van der Waals surface area contributed by atoms with E-state index in [2.05, 4.69) is 15.7 Å². The number of carbonyl (C=O) groups is 1. The van der Waals surface area contributed by atoms with Crippen molar-refractivity contribution < 1.29 is 13.4 Å². The lowest BCUT2D eigenvalue weighted by Gasteiger charge is -2.22. The molecule has 2 aliphatic rings. The van der Waals surface area contributed by atoms with Crippen LogP contribution in [0.2, 0.25) is 0 Å². The fourth-order valence-electron chi connectivity index (χ4n) is 4.94. The summed E-state index contributed by atoms with van der Waals surface area (Å²) in [5.41, 5.74) is 1.77. The number of nitrogens with one attached hydrogen (secondary N) is 1. The molecule has 0 amide bonds. The van der Waals surface area contributed by atoms with Crippen LogP contribution in [-0.2, 0) is 20.9 Å². The highest BCUT2D eigenvalue weighted by atomic mass is 32.2. The van der Waals surface area contributed by atoms with E-state index in [9.17, 15) is 18.7 Å². The third-order valence-electron chi connectivity index (χ3n) is 6.70. The first kappa shape index (κ1) is 23.1. The van der Waals surface area contributed by atoms with Gasteiger partial charge in [-0.15, -0.1) is 4.36 Å². The Labute approximate surface area is 193 Å². The average molecular weight is 465 g/mol. The topological polar surface area (TPSA) is 106 Å². The summed E-state index contributed by atoms with van der Waals surface area (Å²) in [6.07, 6.45) is 6.49. The summed E-state index contributed by atoms with van der Waals surface area (Å²) >= 11 is 0. The summed E-state index contributed by atoms with van der Waals surface area (Å²) in [7, 11) is -2.78. The number of hydrogen-bond donors (Lipinski definition) is 1. The van der Waals surface area contributed by atoms with Gasteiger partial charge >= 0.3 is 0 Å². The maximum absolute atomic E-state index is 14.9. The summed E-state index contributed by atoms with van der Waals surface area (Å²) in [4.78, 5) is 13.1. The van der Waals surface area contributed by atoms with Gasteiger partial charge in [0.2, 0.25) is 6.19 Å². The molecule has 1 saturated heterocycles. The molecule has 0 aromatic heterocycles. The maximum Gasteiger partial charge on any atom is 0.214 e. The summed E-state index contributed by atoms with van der Waals surface area (Å²) in [6.45, 7) is 0. The molecule has 0 spiro atoms. The van der Waals surface area contributed by atoms with Gasteiger partial charge in [0, 0.05) is 23.6 Å². The highest BCUT2D eigenvalue weighted by Crippen LogP contribution is 2.36. The molecule has 1 heterocycles. The number of nitrogens with zero attached hydrogens (tertiary/aromatic N) is 3. The molecule has 1 N–H and O–H groups in total. The van der Waals surface area contributed by atoms with Gasteiger partial charge < -0.3 is 5.32 Å². The molecule has 2 aromatic rings. The molecule has 2 bridgehead atoms. The van der Waals surface area contributed by atoms with Gasteiger partial charge in [-0.1, -0.05) is 24.3 Å². The van der Waals surface area contributed by atoms with Gasteiger partial charge in [-0.2, -0.15) is 10.5 Å². The second-order valence-electron chi connectivity index (χ2n) is 8.94. The first-order valence-electron chi connectivity index (χ1n) is 11.0. The van der Waals surface area contributed by atoms with Crippen LogP contribution in [0.25, 0.3) is 11.1 Å². The van der Waals surface area contributed by atoms with Crippen molar-refractivity contribution in [3.05, 3.63) is 53.8 Å². The van der Waals surface area contributed by atoms with Crippen LogP contribution in [0.15, 0.2) is 51.7 Å². The molecular formula is C25H25FN4O2S. The monoisotopic (exact) mass is 464 g/mol. The number of piperidine rings is 1. The number of ketones is 1. The Bertz CT molecular complexity index is 1270. The maximum atomic E-state index is 14.9. The number of Topliss-reactive ketones (excluding diaryl/α,β-unsaturated/α-hetero) is 1. The van der Waals surface area contributed by atoms with E-state index in [-0.39, 0.29) is 24.7 Å². The first-order chi connectivity index (χ1) is 15.8. The van der Waals surface area contributed by atoms with Crippen molar-refractivity contribution in [1.82, 2.24) is 5.32 Å². The molecule has 0 radical (unpaired) electrons. The zero-order valence-electron chi connectivity index (χ0n) is 18.3. The van der Waals surface area contributed by atoms with Gasteiger partial charge in [-0.05, 0) is 66.5 Å². The lowest BCUT2D eigenvalue weighted by Crippen LogP contribution is -2.42. The van der Waals surface area contributed by atoms with Crippen molar-refractivity contribution in [1.29, 1.82) is 10.5 Å². The molecular weight excluding hydrogens is 439 g/mol. The van der Waals surface area contributed by atoms with Crippen molar-refractivity contribution in [2.24, 2.45) is 16.2 Å². The van der Waals surface area contributed by atoms with Crippen LogP contribution < -0.4 is 5.32 Å². The van der Waals surface area contributed by atoms with Crippen LogP contribution in [0, 0.1) is 40.4 Å². The van der Waals surface area contributed by atoms with Crippen molar-refractivity contribution in [2.75, 3.05) is 6.26 Å². The second-order valence-corrected chi connectivity index (χ2v) is 11.2. The molecule has 33 heavy (non-hydrogen) atoms. The van der Waals surface area contributed by atoms with E-state index in [4.69, 9.17) is 5.26 Å². The third-order valence-corrected chi connectivity index (χ3v) is 8.27. The highest BCUT2D eigenvalue weighted by molar-refractivity contribution is 7.93. The van der Waals surface area contributed by atoms with Crippen LogP contribution in [0.5, 0.6) is 0 Å². The van der Waals surface area contributed by atoms with E-state index in [1.807, 2.05) is 0 Å². The highest BCUT2D eigenvalue weighted by Gasteiger charge is 2.42. The molecule has 2 aromatic carbocycles. The summed E-state index contributed by atoms with van der Waals surface area (Å²) in [6, 6.07) is 13.9. The molecule has 5 atom stereocenters. The number of rotatable bonds is 7. The number of hydrogen-bond acceptors (Lipinski definition) is 6.